The van der Waals surface area contributed by atoms with Crippen molar-refractivity contribution >= 4 is 76.1 Å². The molecule has 0 aliphatic carbocycles. The van der Waals surface area contributed by atoms with Gasteiger partial charge in [-0.3, -0.25) is 0 Å². The Morgan fingerprint density at radius 3 is 1.77 bits per heavy atom. The molecule has 0 saturated heterocycles. The minimum absolute atomic E-state index is 0.590. The molecule has 12 aromatic rings. The second kappa shape index (κ2) is 11.9. The normalized spacial score (nSPS) is 11.9. The van der Waals surface area contributed by atoms with E-state index in [1.54, 1.807) is 0 Å². The van der Waals surface area contributed by atoms with E-state index in [1.165, 1.54) is 37.7 Å². The summed E-state index contributed by atoms with van der Waals surface area (Å²) in [5.74, 6) is 1.83. The van der Waals surface area contributed by atoms with Gasteiger partial charge in [-0.05, 0) is 74.8 Å². The van der Waals surface area contributed by atoms with Gasteiger partial charge in [-0.1, -0.05) is 140 Å². The number of para-hydroxylation sites is 1. The van der Waals surface area contributed by atoms with Crippen molar-refractivity contribution in [1.82, 2.24) is 19.5 Å². The Kier molecular flexibility index (Phi) is 6.56. The molecule has 3 aromatic heterocycles. The number of fused-ring (bicyclic) bond motifs is 10. The average molecular weight is 715 g/mol. The molecule has 5 nitrogen and oxygen atoms in total. The van der Waals surface area contributed by atoms with Crippen molar-refractivity contribution in [3.8, 4) is 39.9 Å². The molecule has 0 amide bonds. The van der Waals surface area contributed by atoms with Crippen LogP contribution < -0.4 is 0 Å². The smallest absolute Gasteiger partial charge is 0.164 e. The van der Waals surface area contributed by atoms with E-state index >= 15 is 0 Å². The summed E-state index contributed by atoms with van der Waals surface area (Å²) in [5.41, 5.74) is 7.50. The van der Waals surface area contributed by atoms with Crippen LogP contribution in [0.5, 0.6) is 0 Å². The largest absolute Gasteiger partial charge is 0.454 e. The van der Waals surface area contributed by atoms with Crippen molar-refractivity contribution in [2.24, 2.45) is 0 Å². The molecule has 0 aliphatic rings. The van der Waals surface area contributed by atoms with Crippen molar-refractivity contribution in [2.45, 2.75) is 0 Å². The molecule has 0 N–H and O–H groups in total. The monoisotopic (exact) mass is 714 g/mol. The fraction of sp³-hybridized carbons (Fsp3) is 0. The minimum Gasteiger partial charge on any atom is -0.454 e. The minimum atomic E-state index is 0.590. The van der Waals surface area contributed by atoms with Crippen LogP contribution in [0, 0.1) is 0 Å². The van der Waals surface area contributed by atoms with Gasteiger partial charge >= 0.3 is 0 Å². The maximum atomic E-state index is 6.82. The Bertz CT molecular complexity index is 3540. The van der Waals surface area contributed by atoms with Crippen LogP contribution in [-0.4, -0.2) is 19.5 Å². The van der Waals surface area contributed by atoms with Crippen LogP contribution >= 0.6 is 0 Å². The van der Waals surface area contributed by atoms with Crippen molar-refractivity contribution in [2.75, 3.05) is 0 Å². The summed E-state index contributed by atoms with van der Waals surface area (Å²) < 4.78 is 9.20. The lowest BCUT2D eigenvalue weighted by Crippen LogP contribution is -2.01. The Morgan fingerprint density at radius 2 is 0.964 bits per heavy atom. The summed E-state index contributed by atoms with van der Waals surface area (Å²) in [7, 11) is 0. The van der Waals surface area contributed by atoms with Crippen molar-refractivity contribution in [1.29, 1.82) is 0 Å². The summed E-state index contributed by atoms with van der Waals surface area (Å²) in [4.78, 5) is 15.5. The van der Waals surface area contributed by atoms with Gasteiger partial charge in [-0.25, -0.2) is 15.0 Å². The summed E-state index contributed by atoms with van der Waals surface area (Å²) in [6.45, 7) is 0. The van der Waals surface area contributed by atoms with Gasteiger partial charge in [-0.2, -0.15) is 0 Å². The lowest BCUT2D eigenvalue weighted by Gasteiger charge is -2.13. The van der Waals surface area contributed by atoms with E-state index in [-0.39, 0.29) is 0 Å². The Morgan fingerprint density at radius 1 is 0.357 bits per heavy atom. The van der Waals surface area contributed by atoms with Crippen molar-refractivity contribution in [3.05, 3.63) is 182 Å². The van der Waals surface area contributed by atoms with Gasteiger partial charge in [0.1, 0.15) is 5.58 Å². The van der Waals surface area contributed by atoms with Gasteiger partial charge in [0.05, 0.1) is 16.7 Å². The molecule has 12 rings (SSSR count). The number of nitrogens with zero attached hydrogens (tertiary/aromatic N) is 4. The highest BCUT2D eigenvalue weighted by atomic mass is 16.3. The first-order valence-corrected chi connectivity index (χ1v) is 18.8. The molecule has 260 valence electrons. The van der Waals surface area contributed by atoms with E-state index in [1.807, 2.05) is 42.5 Å². The molecule has 0 radical (unpaired) electrons. The first-order valence-electron chi connectivity index (χ1n) is 18.8. The molecule has 0 aliphatic heterocycles. The Hall–Kier alpha value is -7.63. The summed E-state index contributed by atoms with van der Waals surface area (Å²) in [6.07, 6.45) is 0. The summed E-state index contributed by atoms with van der Waals surface area (Å²) in [5, 5.41) is 11.5. The third-order valence-electron chi connectivity index (χ3n) is 11.2. The highest BCUT2D eigenvalue weighted by Crippen LogP contribution is 2.43. The second-order valence-corrected chi connectivity index (χ2v) is 14.4. The van der Waals surface area contributed by atoms with Crippen LogP contribution in [0.1, 0.15) is 0 Å². The zero-order valence-electron chi connectivity index (χ0n) is 30.0. The van der Waals surface area contributed by atoms with Crippen LogP contribution in [0.15, 0.2) is 186 Å². The van der Waals surface area contributed by atoms with Crippen LogP contribution in [0.4, 0.5) is 0 Å². The molecule has 0 unspecified atom stereocenters. The van der Waals surface area contributed by atoms with Gasteiger partial charge in [0, 0.05) is 38.2 Å². The predicted octanol–water partition coefficient (Wildman–Crippen LogP) is 13.3. The molecular formula is C51H30N4O. The molecule has 9 aromatic carbocycles. The fourth-order valence-electron chi connectivity index (χ4n) is 8.52. The highest BCUT2D eigenvalue weighted by Gasteiger charge is 2.23. The number of furan rings is 1. The number of hydrogen-bond acceptors (Lipinski definition) is 4. The van der Waals surface area contributed by atoms with Gasteiger partial charge in [0.2, 0.25) is 0 Å². The molecule has 0 bridgehead atoms. The number of benzene rings is 9. The quantitative estimate of drug-likeness (QED) is 0.182. The first-order chi connectivity index (χ1) is 27.7. The average Bonchev–Trinajstić information content (AvgIpc) is 3.81. The standard InChI is InChI=1S/C51H30N4O/c1-2-14-33(15-3-1)49-52-50(37-23-22-31-12-4-5-16-34(31)26-37)54-51(53-49)38-28-41-40-20-10-11-21-46(40)56-48(41)45(30-38)55-43-25-24-32-13-8-9-19-39(32)47(43)42-27-35-17-6-7-18-36(35)29-44(42)55/h1-30H. The molecule has 0 atom stereocenters. The third kappa shape index (κ3) is 4.71. The van der Waals surface area contributed by atoms with Crippen LogP contribution in [0.3, 0.4) is 0 Å². The molecule has 0 fully saturated rings. The van der Waals surface area contributed by atoms with Gasteiger partial charge in [0.25, 0.3) is 0 Å². The van der Waals surface area contributed by atoms with E-state index in [0.29, 0.717) is 17.5 Å². The van der Waals surface area contributed by atoms with Crippen LogP contribution in [0.2, 0.25) is 0 Å². The molecule has 5 heteroatoms. The molecular weight excluding hydrogens is 685 g/mol. The van der Waals surface area contributed by atoms with Crippen molar-refractivity contribution < 1.29 is 4.42 Å². The van der Waals surface area contributed by atoms with E-state index < -0.39 is 0 Å². The van der Waals surface area contributed by atoms with E-state index in [2.05, 4.69) is 144 Å². The maximum absolute atomic E-state index is 6.82. The van der Waals surface area contributed by atoms with E-state index in [0.717, 1.165) is 60.7 Å². The van der Waals surface area contributed by atoms with Gasteiger partial charge < -0.3 is 8.98 Å². The molecule has 3 heterocycles. The lowest BCUT2D eigenvalue weighted by molar-refractivity contribution is 0.666. The number of aromatic nitrogens is 4. The molecule has 0 spiro atoms. The topological polar surface area (TPSA) is 56.7 Å². The Balaban J connectivity index is 1.20. The zero-order valence-corrected chi connectivity index (χ0v) is 30.0. The lowest BCUT2D eigenvalue weighted by atomic mass is 10.0. The summed E-state index contributed by atoms with van der Waals surface area (Å²) in [6, 6.07) is 63.9. The molecule has 56 heavy (non-hydrogen) atoms. The second-order valence-electron chi connectivity index (χ2n) is 14.4. The SMILES string of the molecule is c1ccc(-c2nc(-c3ccc4ccccc4c3)nc(-c3cc(-n4c5cc6ccccc6cc5c5c6ccccc6ccc54)c4oc5ccccc5c4c3)n2)cc1. The highest BCUT2D eigenvalue weighted by molar-refractivity contribution is 6.24. The molecule has 0 saturated carbocycles. The summed E-state index contributed by atoms with van der Waals surface area (Å²) >= 11 is 0. The van der Waals surface area contributed by atoms with E-state index in [9.17, 15) is 0 Å². The van der Waals surface area contributed by atoms with Crippen LogP contribution in [0.25, 0.3) is 116 Å². The third-order valence-corrected chi connectivity index (χ3v) is 11.2. The first kappa shape index (κ1) is 30.8. The maximum Gasteiger partial charge on any atom is 0.164 e. The number of rotatable bonds is 4. The fourth-order valence-corrected chi connectivity index (χ4v) is 8.52. The predicted molar refractivity (Wildman–Crippen MR) is 230 cm³/mol. The Labute approximate surface area is 320 Å². The zero-order chi connectivity index (χ0) is 36.7. The number of hydrogen-bond donors (Lipinski definition) is 0. The van der Waals surface area contributed by atoms with E-state index in [4.69, 9.17) is 19.4 Å². The van der Waals surface area contributed by atoms with Gasteiger partial charge in [0.15, 0.2) is 23.1 Å². The van der Waals surface area contributed by atoms with Gasteiger partial charge in [-0.15, -0.1) is 0 Å². The van der Waals surface area contributed by atoms with Crippen molar-refractivity contribution in [3.63, 3.8) is 0 Å². The van der Waals surface area contributed by atoms with Crippen LogP contribution in [-0.2, 0) is 0 Å².